The van der Waals surface area contributed by atoms with Crippen LogP contribution in [0.25, 0.3) is 0 Å². The minimum absolute atomic E-state index is 0.163. The van der Waals surface area contributed by atoms with Gasteiger partial charge in [-0.25, -0.2) is 0 Å². The molecule has 19 heavy (non-hydrogen) atoms. The zero-order valence-electron chi connectivity index (χ0n) is 10.9. The van der Waals surface area contributed by atoms with Gasteiger partial charge in [0.15, 0.2) is 0 Å². The molecule has 2 N–H and O–H groups in total. The smallest absolute Gasteiger partial charge is 0.290 e. The highest BCUT2D eigenvalue weighted by Crippen LogP contribution is 2.21. The second kappa shape index (κ2) is 5.24. The van der Waals surface area contributed by atoms with E-state index in [1.807, 2.05) is 30.3 Å². The van der Waals surface area contributed by atoms with Gasteiger partial charge in [0, 0.05) is 5.56 Å². The third kappa shape index (κ3) is 2.66. The number of aryl methyl sites for hydroxylation is 1. The number of nitrogens with zero attached hydrogens (tertiary/aromatic N) is 1. The fourth-order valence-corrected chi connectivity index (χ4v) is 1.83. The maximum Gasteiger partial charge on any atom is 0.290 e. The van der Waals surface area contributed by atoms with E-state index in [-0.39, 0.29) is 12.4 Å². The van der Waals surface area contributed by atoms with Crippen molar-refractivity contribution in [1.29, 1.82) is 0 Å². The topological polar surface area (TPSA) is 75.4 Å². The van der Waals surface area contributed by atoms with Crippen LogP contribution in [0.1, 0.15) is 28.6 Å². The molecule has 2 aromatic rings. The number of hydrogen-bond donors (Lipinski definition) is 2. The predicted octanol–water partition coefficient (Wildman–Crippen LogP) is 1.62. The number of carbonyl (C=O) groups is 1. The van der Waals surface area contributed by atoms with Gasteiger partial charge in [-0.1, -0.05) is 35.5 Å². The fraction of sp³-hybridized carbons (Fsp3) is 0.286. The Labute approximate surface area is 111 Å². The van der Waals surface area contributed by atoms with E-state index in [2.05, 4.69) is 10.5 Å². The Hall–Kier alpha value is -2.14. The summed E-state index contributed by atoms with van der Waals surface area (Å²) in [5.74, 6) is -0.231. The third-order valence-corrected chi connectivity index (χ3v) is 3.07. The van der Waals surface area contributed by atoms with Crippen LogP contribution in [0.3, 0.4) is 0 Å². The monoisotopic (exact) mass is 260 g/mol. The zero-order valence-corrected chi connectivity index (χ0v) is 10.9. The molecular weight excluding hydrogens is 244 g/mol. The molecule has 100 valence electrons. The van der Waals surface area contributed by atoms with E-state index in [4.69, 9.17) is 4.52 Å². The van der Waals surface area contributed by atoms with E-state index in [1.54, 1.807) is 13.8 Å². The Balaban J connectivity index is 2.25. The molecule has 0 bridgehead atoms. The van der Waals surface area contributed by atoms with Crippen molar-refractivity contribution in [2.75, 3.05) is 6.61 Å². The molecule has 1 aromatic carbocycles. The quantitative estimate of drug-likeness (QED) is 0.876. The first-order valence-corrected chi connectivity index (χ1v) is 5.97. The van der Waals surface area contributed by atoms with Crippen molar-refractivity contribution in [2.24, 2.45) is 0 Å². The molecule has 1 atom stereocenters. The molecule has 0 saturated carbocycles. The van der Waals surface area contributed by atoms with Gasteiger partial charge in [-0.15, -0.1) is 0 Å². The van der Waals surface area contributed by atoms with Crippen LogP contribution in [-0.4, -0.2) is 22.8 Å². The molecule has 1 amide bonds. The van der Waals surface area contributed by atoms with Gasteiger partial charge in [-0.2, -0.15) is 0 Å². The molecule has 0 fully saturated rings. The number of carbonyl (C=O) groups excluding carboxylic acids is 1. The van der Waals surface area contributed by atoms with E-state index in [9.17, 15) is 9.90 Å². The van der Waals surface area contributed by atoms with Crippen molar-refractivity contribution in [3.05, 3.63) is 53.4 Å². The lowest BCUT2D eigenvalue weighted by atomic mass is 9.92. The molecule has 0 aliphatic carbocycles. The van der Waals surface area contributed by atoms with Crippen molar-refractivity contribution in [2.45, 2.75) is 19.4 Å². The van der Waals surface area contributed by atoms with Gasteiger partial charge < -0.3 is 14.9 Å². The minimum atomic E-state index is -0.864. The largest absolute Gasteiger partial charge is 0.394 e. The van der Waals surface area contributed by atoms with Crippen LogP contribution in [0.15, 0.2) is 41.1 Å². The summed E-state index contributed by atoms with van der Waals surface area (Å²) in [6.07, 6.45) is 1.48. The minimum Gasteiger partial charge on any atom is -0.394 e. The van der Waals surface area contributed by atoms with Gasteiger partial charge in [0.1, 0.15) is 0 Å². The lowest BCUT2D eigenvalue weighted by Gasteiger charge is -2.28. The maximum atomic E-state index is 12.1. The highest BCUT2D eigenvalue weighted by atomic mass is 16.5. The summed E-state index contributed by atoms with van der Waals surface area (Å²) in [6, 6.07) is 9.29. The van der Waals surface area contributed by atoms with E-state index in [0.29, 0.717) is 5.56 Å². The Kier molecular flexibility index (Phi) is 3.66. The summed E-state index contributed by atoms with van der Waals surface area (Å²) in [5, 5.41) is 15.9. The molecule has 0 aliphatic rings. The molecule has 5 heteroatoms. The van der Waals surface area contributed by atoms with Crippen LogP contribution in [0.2, 0.25) is 0 Å². The van der Waals surface area contributed by atoms with Crippen LogP contribution >= 0.6 is 0 Å². The number of nitrogens with one attached hydrogen (secondary N) is 1. The lowest BCUT2D eigenvalue weighted by Crippen LogP contribution is -2.46. The number of aromatic nitrogens is 1. The summed E-state index contributed by atoms with van der Waals surface area (Å²) in [4.78, 5) is 12.1. The molecule has 0 radical (unpaired) electrons. The molecule has 1 heterocycles. The number of hydrogen-bond acceptors (Lipinski definition) is 4. The molecule has 0 spiro atoms. The lowest BCUT2D eigenvalue weighted by molar-refractivity contribution is 0.0811. The summed E-state index contributed by atoms with van der Waals surface area (Å²) < 4.78 is 4.91. The zero-order chi connectivity index (χ0) is 13.9. The van der Waals surface area contributed by atoms with Crippen molar-refractivity contribution < 1.29 is 14.4 Å². The number of aliphatic hydroxyl groups is 1. The van der Waals surface area contributed by atoms with Gasteiger partial charge in [-0.3, -0.25) is 4.79 Å². The Morgan fingerprint density at radius 2 is 2.11 bits per heavy atom. The van der Waals surface area contributed by atoms with Gasteiger partial charge in [0.25, 0.3) is 5.91 Å². The average molecular weight is 260 g/mol. The maximum absolute atomic E-state index is 12.1. The number of rotatable bonds is 4. The summed E-state index contributed by atoms with van der Waals surface area (Å²) >= 11 is 0. The Bertz CT molecular complexity index is 565. The SMILES string of the molecule is Cc1cnoc1C(=O)NC(C)(CO)c1ccccc1. The molecule has 0 aliphatic heterocycles. The normalized spacial score (nSPS) is 13.8. The molecule has 1 aromatic heterocycles. The van der Waals surface area contributed by atoms with Gasteiger partial charge in [0.05, 0.1) is 18.3 Å². The van der Waals surface area contributed by atoms with Crippen molar-refractivity contribution in [1.82, 2.24) is 10.5 Å². The highest BCUT2D eigenvalue weighted by molar-refractivity contribution is 5.93. The number of amides is 1. The van der Waals surface area contributed by atoms with E-state index in [0.717, 1.165) is 5.56 Å². The first-order valence-electron chi connectivity index (χ1n) is 5.97. The Morgan fingerprint density at radius 1 is 1.42 bits per heavy atom. The van der Waals surface area contributed by atoms with Crippen molar-refractivity contribution >= 4 is 5.91 Å². The number of aliphatic hydroxyl groups excluding tert-OH is 1. The van der Waals surface area contributed by atoms with Crippen molar-refractivity contribution in [3.8, 4) is 0 Å². The summed E-state index contributed by atoms with van der Waals surface area (Å²) in [5.41, 5.74) is 0.617. The second-order valence-electron chi connectivity index (χ2n) is 4.65. The van der Waals surface area contributed by atoms with Gasteiger partial charge in [0.2, 0.25) is 5.76 Å². The number of benzene rings is 1. The third-order valence-electron chi connectivity index (χ3n) is 3.07. The average Bonchev–Trinajstić information content (AvgIpc) is 2.86. The molecule has 0 saturated heterocycles. The second-order valence-corrected chi connectivity index (χ2v) is 4.65. The van der Waals surface area contributed by atoms with E-state index >= 15 is 0 Å². The standard InChI is InChI=1S/C14H16N2O3/c1-10-8-15-19-12(10)13(18)16-14(2,9-17)11-6-4-3-5-7-11/h3-8,17H,9H2,1-2H3,(H,16,18). The van der Waals surface area contributed by atoms with Crippen LogP contribution in [0.5, 0.6) is 0 Å². The summed E-state index contributed by atoms with van der Waals surface area (Å²) in [7, 11) is 0. The van der Waals surface area contributed by atoms with Crippen LogP contribution in [0.4, 0.5) is 0 Å². The van der Waals surface area contributed by atoms with E-state index in [1.165, 1.54) is 6.20 Å². The molecule has 5 nitrogen and oxygen atoms in total. The molecular formula is C14H16N2O3. The van der Waals surface area contributed by atoms with E-state index < -0.39 is 11.4 Å². The fourth-order valence-electron chi connectivity index (χ4n) is 1.83. The molecule has 1 unspecified atom stereocenters. The highest BCUT2D eigenvalue weighted by Gasteiger charge is 2.29. The first-order chi connectivity index (χ1) is 9.07. The molecule has 2 rings (SSSR count). The Morgan fingerprint density at radius 3 is 2.63 bits per heavy atom. The predicted molar refractivity (Wildman–Crippen MR) is 69.6 cm³/mol. The van der Waals surface area contributed by atoms with Crippen LogP contribution in [-0.2, 0) is 5.54 Å². The van der Waals surface area contributed by atoms with Gasteiger partial charge in [-0.05, 0) is 19.4 Å². The first kappa shape index (κ1) is 13.3. The van der Waals surface area contributed by atoms with Crippen LogP contribution < -0.4 is 5.32 Å². The van der Waals surface area contributed by atoms with Crippen LogP contribution in [0, 0.1) is 6.92 Å². The summed E-state index contributed by atoms with van der Waals surface area (Å²) in [6.45, 7) is 3.28. The van der Waals surface area contributed by atoms with Crippen molar-refractivity contribution in [3.63, 3.8) is 0 Å². The van der Waals surface area contributed by atoms with Gasteiger partial charge >= 0.3 is 0 Å².